The highest BCUT2D eigenvalue weighted by molar-refractivity contribution is 14.1. The Morgan fingerprint density at radius 1 is 0.926 bits per heavy atom. The van der Waals surface area contributed by atoms with E-state index in [0.717, 1.165) is 14.8 Å². The number of hydrogen-bond donors (Lipinski definition) is 1. The lowest BCUT2D eigenvalue weighted by molar-refractivity contribution is -0.384. The number of halogens is 1. The van der Waals surface area contributed by atoms with Gasteiger partial charge in [0.2, 0.25) is 0 Å². The molecule has 8 heteroatoms. The van der Waals surface area contributed by atoms with Crippen molar-refractivity contribution in [2.24, 2.45) is 5.10 Å². The predicted octanol–water partition coefficient (Wildman–Crippen LogP) is 4.31. The fourth-order valence-electron chi connectivity index (χ4n) is 2.74. The molecule has 7 nitrogen and oxygen atoms in total. The van der Waals surface area contributed by atoms with Gasteiger partial charge in [0.05, 0.1) is 10.6 Å². The van der Waals surface area contributed by atoms with E-state index >= 15 is 0 Å². The van der Waals surface area contributed by atoms with E-state index in [4.69, 9.17) is 0 Å². The van der Waals surface area contributed by atoms with Gasteiger partial charge in [0.25, 0.3) is 5.69 Å². The molecule has 0 saturated carbocycles. The van der Waals surface area contributed by atoms with Crippen LogP contribution in [-0.4, -0.2) is 10.8 Å². The third-order valence-electron chi connectivity index (χ3n) is 4.01. The van der Waals surface area contributed by atoms with Gasteiger partial charge in [0.15, 0.2) is 11.5 Å². The van der Waals surface area contributed by atoms with E-state index in [0.29, 0.717) is 11.5 Å². The Kier molecular flexibility index (Phi) is 4.63. The number of nitrogens with one attached hydrogen (secondary N) is 1. The van der Waals surface area contributed by atoms with E-state index in [1.54, 1.807) is 28.4 Å². The highest BCUT2D eigenvalue weighted by Gasteiger charge is 2.30. The predicted molar refractivity (Wildman–Crippen MR) is 113 cm³/mol. The molecule has 0 unspecified atom stereocenters. The van der Waals surface area contributed by atoms with Crippen molar-refractivity contribution in [1.29, 1.82) is 0 Å². The van der Waals surface area contributed by atoms with Gasteiger partial charge < -0.3 is 0 Å². The van der Waals surface area contributed by atoms with Gasteiger partial charge in [-0.1, -0.05) is 42.5 Å². The van der Waals surface area contributed by atoms with Gasteiger partial charge >= 0.3 is 0 Å². The number of rotatable bonds is 4. The Balaban J connectivity index is 1.81. The van der Waals surface area contributed by atoms with E-state index in [1.807, 2.05) is 54.6 Å². The summed E-state index contributed by atoms with van der Waals surface area (Å²) < 4.78 is 1.09. The number of hydrazone groups is 1. The molecule has 1 N–H and O–H groups in total. The molecule has 0 saturated heterocycles. The van der Waals surface area contributed by atoms with E-state index in [2.05, 4.69) is 33.1 Å². The lowest BCUT2D eigenvalue weighted by Gasteiger charge is -2.27. The second-order valence-electron chi connectivity index (χ2n) is 5.75. The summed E-state index contributed by atoms with van der Waals surface area (Å²) in [6.07, 6.45) is 0. The summed E-state index contributed by atoms with van der Waals surface area (Å²) in [5.74, 6) is 0.604. The average Bonchev–Trinajstić information content (AvgIpc) is 3.14. The quantitative estimate of drug-likeness (QED) is 0.349. The summed E-state index contributed by atoms with van der Waals surface area (Å²) in [7, 11) is 0. The molecule has 0 fully saturated rings. The van der Waals surface area contributed by atoms with Crippen LogP contribution in [0.2, 0.25) is 0 Å². The molecule has 3 aromatic carbocycles. The number of amidine groups is 1. The normalized spacial score (nSPS) is 13.3. The molecule has 3 aromatic rings. The second-order valence-corrected chi connectivity index (χ2v) is 7.00. The molecular formula is C19H14IN5O2. The number of benzene rings is 3. The number of anilines is 2. The van der Waals surface area contributed by atoms with E-state index in [1.165, 1.54) is 6.07 Å². The Bertz CT molecular complexity index is 1010. The van der Waals surface area contributed by atoms with Crippen LogP contribution in [0.3, 0.4) is 0 Å². The lowest BCUT2D eigenvalue weighted by atomic mass is 10.2. The fourth-order valence-corrected chi connectivity index (χ4v) is 3.09. The molecule has 1 aliphatic heterocycles. The van der Waals surface area contributed by atoms with Crippen molar-refractivity contribution in [2.75, 3.05) is 10.2 Å². The van der Waals surface area contributed by atoms with E-state index in [-0.39, 0.29) is 5.69 Å². The summed E-state index contributed by atoms with van der Waals surface area (Å²) in [4.78, 5) is 11.1. The van der Waals surface area contributed by atoms with Crippen molar-refractivity contribution in [3.8, 4) is 0 Å². The minimum Gasteiger partial charge on any atom is -0.258 e. The van der Waals surface area contributed by atoms with E-state index < -0.39 is 4.92 Å². The molecule has 0 aliphatic carbocycles. The first-order valence-corrected chi connectivity index (χ1v) is 9.21. The molecule has 0 bridgehead atoms. The zero-order valence-corrected chi connectivity index (χ0v) is 16.1. The topological polar surface area (TPSA) is 74.0 Å². The molecular weight excluding hydrogens is 457 g/mol. The molecule has 1 aliphatic rings. The summed E-state index contributed by atoms with van der Waals surface area (Å²) in [6.45, 7) is 0. The van der Waals surface area contributed by atoms with Gasteiger partial charge in [0.1, 0.15) is 0 Å². The molecule has 0 amide bonds. The number of nitro benzene ring substituents is 1. The summed E-state index contributed by atoms with van der Waals surface area (Å²) >= 11 is 2.23. The van der Waals surface area contributed by atoms with Crippen molar-refractivity contribution in [3.63, 3.8) is 0 Å². The number of nitro groups is 1. The highest BCUT2D eigenvalue weighted by Crippen LogP contribution is 2.32. The number of hydrogen-bond acceptors (Lipinski definition) is 6. The minimum absolute atomic E-state index is 0.00924. The molecule has 27 heavy (non-hydrogen) atoms. The maximum atomic E-state index is 11.5. The molecule has 1 heterocycles. The van der Waals surface area contributed by atoms with Gasteiger partial charge in [0, 0.05) is 15.2 Å². The smallest absolute Gasteiger partial charge is 0.258 e. The number of para-hydroxylation sites is 2. The first-order valence-electron chi connectivity index (χ1n) is 8.13. The maximum absolute atomic E-state index is 11.5. The molecule has 134 valence electrons. The fraction of sp³-hybridized carbons (Fsp3) is 0. The Morgan fingerprint density at radius 3 is 2.30 bits per heavy atom. The van der Waals surface area contributed by atoms with Gasteiger partial charge in [-0.3, -0.25) is 15.5 Å². The summed E-state index contributed by atoms with van der Waals surface area (Å²) in [6, 6.07) is 24.0. The van der Waals surface area contributed by atoms with Crippen LogP contribution in [-0.2, 0) is 0 Å². The van der Waals surface area contributed by atoms with Crippen LogP contribution < -0.4 is 15.7 Å². The highest BCUT2D eigenvalue weighted by atomic mass is 127. The number of nitrogens with zero attached hydrogens (tertiary/aromatic N) is 4. The largest absolute Gasteiger partial charge is 0.296 e. The monoisotopic (exact) mass is 471 g/mol. The number of hydrazine groups is 2. The van der Waals surface area contributed by atoms with Crippen LogP contribution in [0.1, 0.15) is 5.56 Å². The molecule has 4 rings (SSSR count). The minimum atomic E-state index is -0.399. The van der Waals surface area contributed by atoms with Crippen molar-refractivity contribution in [3.05, 3.63) is 98.1 Å². The Morgan fingerprint density at radius 2 is 1.59 bits per heavy atom. The first kappa shape index (κ1) is 17.3. The van der Waals surface area contributed by atoms with Crippen LogP contribution in [0.5, 0.6) is 0 Å². The maximum Gasteiger partial charge on any atom is 0.296 e. The van der Waals surface area contributed by atoms with Crippen LogP contribution in [0.15, 0.2) is 84.0 Å². The zero-order chi connectivity index (χ0) is 18.8. The van der Waals surface area contributed by atoms with Gasteiger partial charge in [-0.2, -0.15) is 10.2 Å². The summed E-state index contributed by atoms with van der Waals surface area (Å²) in [5.41, 5.74) is 5.24. The molecule has 0 aromatic heterocycles. The third-order valence-corrected chi connectivity index (χ3v) is 4.73. The van der Waals surface area contributed by atoms with Crippen LogP contribution in [0, 0.1) is 13.7 Å². The standard InChI is InChI=1S/C19H14IN5O2/c20-15-10-12-16(13-11-15)23-21-19(14-6-2-1-3-7-14)22-24(23)17-8-4-5-9-18(17)25(26)27/h1-13H,(H,21,22). The van der Waals surface area contributed by atoms with Gasteiger partial charge in [-0.25, -0.2) is 0 Å². The van der Waals surface area contributed by atoms with Gasteiger partial charge in [-0.15, -0.1) is 5.10 Å². The third kappa shape index (κ3) is 3.43. The summed E-state index contributed by atoms with van der Waals surface area (Å²) in [5, 5.41) is 19.4. The molecule has 0 spiro atoms. The zero-order valence-electron chi connectivity index (χ0n) is 14.0. The average molecular weight is 471 g/mol. The second kappa shape index (κ2) is 7.23. The lowest BCUT2D eigenvalue weighted by Crippen LogP contribution is -2.45. The molecule has 0 atom stereocenters. The van der Waals surface area contributed by atoms with Crippen molar-refractivity contribution in [1.82, 2.24) is 5.43 Å². The Hall–Kier alpha value is -3.14. The Labute approximate surface area is 169 Å². The van der Waals surface area contributed by atoms with Crippen LogP contribution in [0.4, 0.5) is 17.1 Å². The SMILES string of the molecule is O=[N+]([O-])c1ccccc1N1NC(c2ccccc2)=NN1c1ccc(I)cc1. The van der Waals surface area contributed by atoms with E-state index in [9.17, 15) is 10.1 Å². The van der Waals surface area contributed by atoms with Crippen molar-refractivity contribution in [2.45, 2.75) is 0 Å². The van der Waals surface area contributed by atoms with Gasteiger partial charge in [-0.05, 0) is 52.9 Å². The van der Waals surface area contributed by atoms with Crippen LogP contribution >= 0.6 is 22.6 Å². The van der Waals surface area contributed by atoms with Crippen LogP contribution in [0.25, 0.3) is 0 Å². The van der Waals surface area contributed by atoms with Crippen molar-refractivity contribution >= 4 is 45.5 Å². The van der Waals surface area contributed by atoms with Crippen molar-refractivity contribution < 1.29 is 4.92 Å². The molecule has 0 radical (unpaired) electrons. The first-order chi connectivity index (χ1) is 13.1.